The maximum absolute atomic E-state index is 6.90. The van der Waals surface area contributed by atoms with Crippen molar-refractivity contribution < 1.29 is 14.2 Å². The lowest BCUT2D eigenvalue weighted by atomic mass is 9.80. The van der Waals surface area contributed by atoms with Crippen molar-refractivity contribution in [2.75, 3.05) is 6.61 Å². The molecule has 3 aromatic rings. The van der Waals surface area contributed by atoms with Gasteiger partial charge in [-0.25, -0.2) is 0 Å². The molecule has 4 rings (SSSR count). The zero-order valence-corrected chi connectivity index (χ0v) is 19.4. The average molecular weight is 441 g/mol. The van der Waals surface area contributed by atoms with Crippen LogP contribution in [0.25, 0.3) is 0 Å². The number of rotatable bonds is 9. The van der Waals surface area contributed by atoms with Gasteiger partial charge in [0, 0.05) is 0 Å². The second kappa shape index (κ2) is 9.88. The molecule has 2 atom stereocenters. The fourth-order valence-electron chi connectivity index (χ4n) is 4.57. The molecule has 0 bridgehead atoms. The first-order valence-corrected chi connectivity index (χ1v) is 11.4. The van der Waals surface area contributed by atoms with Crippen molar-refractivity contribution in [2.24, 2.45) is 0 Å². The van der Waals surface area contributed by atoms with Crippen LogP contribution < -0.4 is 0 Å². The molecule has 2 unspecified atom stereocenters. The Morgan fingerprint density at radius 2 is 1.30 bits per heavy atom. The van der Waals surface area contributed by atoms with Crippen LogP contribution in [0.1, 0.15) is 37.0 Å². The minimum Gasteiger partial charge on any atom is -0.356 e. The predicted molar refractivity (Wildman–Crippen MR) is 133 cm³/mol. The van der Waals surface area contributed by atoms with Crippen LogP contribution in [-0.2, 0) is 19.8 Å². The molecule has 3 aromatic carbocycles. The van der Waals surface area contributed by atoms with Crippen molar-refractivity contribution in [3.8, 4) is 0 Å². The minimum absolute atomic E-state index is 0.131. The maximum atomic E-state index is 6.90. The number of ether oxygens (including phenoxy) is 3. The Hall–Kier alpha value is -2.98. The van der Waals surface area contributed by atoms with Crippen molar-refractivity contribution in [1.82, 2.24) is 0 Å². The SMILES string of the molecule is C=CCC1OC(C)(C)OC1C(=C)COC(c1ccccc1)(c1ccccc1)c1ccccc1. The van der Waals surface area contributed by atoms with Gasteiger partial charge in [-0.15, -0.1) is 6.58 Å². The summed E-state index contributed by atoms with van der Waals surface area (Å²) in [6.07, 6.45) is 2.15. The zero-order valence-electron chi connectivity index (χ0n) is 19.4. The molecule has 1 aliphatic rings. The highest BCUT2D eigenvalue weighted by Gasteiger charge is 2.43. The van der Waals surface area contributed by atoms with Gasteiger partial charge in [0.15, 0.2) is 5.79 Å². The summed E-state index contributed by atoms with van der Waals surface area (Å²) in [4.78, 5) is 0. The minimum atomic E-state index is -0.796. The molecule has 1 aliphatic heterocycles. The van der Waals surface area contributed by atoms with Gasteiger partial charge in [-0.1, -0.05) is 104 Å². The molecular formula is C30H32O3. The van der Waals surface area contributed by atoms with Gasteiger partial charge >= 0.3 is 0 Å². The van der Waals surface area contributed by atoms with Crippen LogP contribution >= 0.6 is 0 Å². The molecule has 1 saturated heterocycles. The Morgan fingerprint density at radius 3 is 1.73 bits per heavy atom. The zero-order chi connectivity index (χ0) is 23.3. The van der Waals surface area contributed by atoms with Gasteiger partial charge in [0.1, 0.15) is 11.7 Å². The smallest absolute Gasteiger partial charge is 0.164 e. The molecule has 1 heterocycles. The molecule has 33 heavy (non-hydrogen) atoms. The summed E-state index contributed by atoms with van der Waals surface area (Å²) in [5.74, 6) is -0.670. The summed E-state index contributed by atoms with van der Waals surface area (Å²) in [5.41, 5.74) is 3.22. The number of hydrogen-bond acceptors (Lipinski definition) is 3. The van der Waals surface area contributed by atoms with Crippen LogP contribution in [-0.4, -0.2) is 24.6 Å². The van der Waals surface area contributed by atoms with E-state index in [0.717, 1.165) is 22.3 Å². The van der Waals surface area contributed by atoms with E-state index >= 15 is 0 Å². The van der Waals surface area contributed by atoms with E-state index in [-0.39, 0.29) is 12.2 Å². The van der Waals surface area contributed by atoms with Crippen LogP contribution in [0, 0.1) is 0 Å². The molecule has 0 N–H and O–H groups in total. The molecule has 1 fully saturated rings. The van der Waals surface area contributed by atoms with E-state index in [4.69, 9.17) is 14.2 Å². The van der Waals surface area contributed by atoms with Gasteiger partial charge in [0.2, 0.25) is 0 Å². The molecule has 0 spiro atoms. The third-order valence-electron chi connectivity index (χ3n) is 6.00. The Labute approximate surface area is 197 Å². The molecule has 3 heteroatoms. The van der Waals surface area contributed by atoms with E-state index < -0.39 is 11.4 Å². The Balaban J connectivity index is 1.73. The molecule has 0 aliphatic carbocycles. The average Bonchev–Trinajstić information content (AvgIpc) is 3.16. The fourth-order valence-corrected chi connectivity index (χ4v) is 4.57. The third kappa shape index (κ3) is 4.86. The van der Waals surface area contributed by atoms with Crippen LogP contribution in [0.4, 0.5) is 0 Å². The van der Waals surface area contributed by atoms with Crippen LogP contribution in [0.3, 0.4) is 0 Å². The van der Waals surface area contributed by atoms with E-state index in [0.29, 0.717) is 13.0 Å². The summed E-state index contributed by atoms with van der Waals surface area (Å²) >= 11 is 0. The normalized spacial score (nSPS) is 19.8. The van der Waals surface area contributed by atoms with Crippen molar-refractivity contribution in [3.63, 3.8) is 0 Å². The highest BCUT2D eigenvalue weighted by atomic mass is 16.8. The molecule has 0 amide bonds. The summed E-state index contributed by atoms with van der Waals surface area (Å²) in [7, 11) is 0. The summed E-state index contributed by atoms with van der Waals surface area (Å²) < 4.78 is 19.2. The van der Waals surface area contributed by atoms with Crippen LogP contribution in [0.15, 0.2) is 116 Å². The first kappa shape index (κ1) is 23.2. The van der Waals surface area contributed by atoms with Gasteiger partial charge in [-0.2, -0.15) is 0 Å². The lowest BCUT2D eigenvalue weighted by Crippen LogP contribution is -2.35. The molecule has 0 radical (unpaired) electrons. The van der Waals surface area contributed by atoms with E-state index in [1.54, 1.807) is 0 Å². The highest BCUT2D eigenvalue weighted by Crippen LogP contribution is 2.41. The van der Waals surface area contributed by atoms with E-state index in [2.05, 4.69) is 49.6 Å². The van der Waals surface area contributed by atoms with Gasteiger partial charge in [-0.05, 0) is 42.5 Å². The van der Waals surface area contributed by atoms with Crippen molar-refractivity contribution in [1.29, 1.82) is 0 Å². The Bertz CT molecular complexity index is 961. The fraction of sp³-hybridized carbons (Fsp3) is 0.267. The van der Waals surface area contributed by atoms with Crippen LogP contribution in [0.2, 0.25) is 0 Å². The van der Waals surface area contributed by atoms with Crippen molar-refractivity contribution in [2.45, 2.75) is 43.9 Å². The second-order valence-electron chi connectivity index (χ2n) is 8.85. The lowest BCUT2D eigenvalue weighted by molar-refractivity contribution is -0.144. The van der Waals surface area contributed by atoms with Gasteiger partial charge in [-0.3, -0.25) is 0 Å². The molecule has 3 nitrogen and oxygen atoms in total. The van der Waals surface area contributed by atoms with Crippen LogP contribution in [0.5, 0.6) is 0 Å². The number of hydrogen-bond donors (Lipinski definition) is 0. The quantitative estimate of drug-likeness (QED) is 0.275. The maximum Gasteiger partial charge on any atom is 0.164 e. The third-order valence-corrected chi connectivity index (χ3v) is 6.00. The Morgan fingerprint density at radius 1 is 0.848 bits per heavy atom. The van der Waals surface area contributed by atoms with E-state index in [1.807, 2.05) is 74.5 Å². The van der Waals surface area contributed by atoms with Crippen molar-refractivity contribution >= 4 is 0 Å². The monoisotopic (exact) mass is 440 g/mol. The highest BCUT2D eigenvalue weighted by molar-refractivity contribution is 5.47. The van der Waals surface area contributed by atoms with E-state index in [9.17, 15) is 0 Å². The Kier molecular flexibility index (Phi) is 6.94. The molecule has 170 valence electrons. The van der Waals surface area contributed by atoms with E-state index in [1.165, 1.54) is 0 Å². The molecule has 0 aromatic heterocycles. The van der Waals surface area contributed by atoms with Gasteiger partial charge in [0.05, 0.1) is 12.7 Å². The first-order valence-electron chi connectivity index (χ1n) is 11.4. The first-order chi connectivity index (χ1) is 16.0. The topological polar surface area (TPSA) is 27.7 Å². The summed E-state index contributed by atoms with van der Waals surface area (Å²) in [6, 6.07) is 31.0. The predicted octanol–water partition coefficient (Wildman–Crippen LogP) is 6.65. The summed E-state index contributed by atoms with van der Waals surface area (Å²) in [6.45, 7) is 12.4. The molecule has 0 saturated carbocycles. The molecular weight excluding hydrogens is 408 g/mol. The lowest BCUT2D eigenvalue weighted by Gasteiger charge is -2.36. The van der Waals surface area contributed by atoms with Gasteiger partial charge < -0.3 is 14.2 Å². The standard InChI is InChI=1S/C30H32O3/c1-5-15-27-28(33-29(3,4)32-27)23(2)22-31-30(24-16-9-6-10-17-24,25-18-11-7-12-19-25)26-20-13-8-14-21-26/h5-14,16-21,27-28H,1-2,15,22H2,3-4H3. The number of benzene rings is 3. The second-order valence-corrected chi connectivity index (χ2v) is 8.85. The van der Waals surface area contributed by atoms with Crippen molar-refractivity contribution in [3.05, 3.63) is 132 Å². The largest absolute Gasteiger partial charge is 0.356 e. The van der Waals surface area contributed by atoms with Gasteiger partial charge in [0.25, 0.3) is 0 Å². The summed E-state index contributed by atoms with van der Waals surface area (Å²) in [5, 5.41) is 0.